The molecule has 0 saturated heterocycles. The first-order valence-electron chi connectivity index (χ1n) is 21.2. The normalized spacial score (nSPS) is 11.8. The van der Waals surface area contributed by atoms with Crippen molar-refractivity contribution in [3.05, 3.63) is 66.7 Å². The second kappa shape index (κ2) is 14.9. The Hall–Kier alpha value is -11.2. The zero-order chi connectivity index (χ0) is 53.2. The van der Waals surface area contributed by atoms with Gasteiger partial charge in [0.1, 0.15) is 16.9 Å². The number of hydrogen-bond acceptors (Lipinski definition) is 22. The standard InChI is InChI=1S/C52H32O22/c53-32-21-19(13-7-5-12(6-8-13)14-9-10-18-16(11-14)15-3-1-2-4-17(15)74-18)22-24(36(57)48(69)47(68)34(22)55)20(25-26-30(41(62)45(66)35(25)56)43(64)51(72)49(70)38(26)59)23(21)33(54)40(61)29(32)27-28-31(42(63)46(67)37(27)58)44(65)52(73)50(71)39(28)60/h1-11,53-73H. The Morgan fingerprint density at radius 2 is 0.514 bits per heavy atom. The average molecular weight is 1010 g/mol. The summed E-state index contributed by atoms with van der Waals surface area (Å²) in [6, 6.07) is 18.1. The number of phenols is 21. The van der Waals surface area contributed by atoms with Crippen LogP contribution in [0.15, 0.2) is 71.1 Å². The van der Waals surface area contributed by atoms with Crippen LogP contribution in [0.3, 0.4) is 0 Å². The molecule has 0 aliphatic carbocycles. The van der Waals surface area contributed by atoms with E-state index in [0.717, 1.165) is 10.8 Å². The minimum atomic E-state index is -1.67. The summed E-state index contributed by atoms with van der Waals surface area (Å²) in [5, 5.41) is 232. The molecule has 11 rings (SSSR count). The van der Waals surface area contributed by atoms with Crippen molar-refractivity contribution in [3.63, 3.8) is 0 Å². The second-order valence-electron chi connectivity index (χ2n) is 17.1. The summed E-state index contributed by atoms with van der Waals surface area (Å²) in [6.07, 6.45) is 0. The first kappa shape index (κ1) is 45.3. The molecule has 372 valence electrons. The van der Waals surface area contributed by atoms with E-state index >= 15 is 0 Å². The van der Waals surface area contributed by atoms with Gasteiger partial charge >= 0.3 is 0 Å². The molecule has 22 nitrogen and oxygen atoms in total. The third kappa shape index (κ3) is 5.51. The second-order valence-corrected chi connectivity index (χ2v) is 17.1. The number of aromatic hydroxyl groups is 21. The lowest BCUT2D eigenvalue weighted by Gasteiger charge is -2.25. The summed E-state index contributed by atoms with van der Waals surface area (Å²) in [6.45, 7) is 0. The van der Waals surface area contributed by atoms with Crippen molar-refractivity contribution in [2.45, 2.75) is 0 Å². The zero-order valence-corrected chi connectivity index (χ0v) is 36.7. The molecule has 10 aromatic carbocycles. The molecule has 22 heteroatoms. The van der Waals surface area contributed by atoms with Crippen LogP contribution in [-0.2, 0) is 0 Å². The smallest absolute Gasteiger partial charge is 0.205 e. The van der Waals surface area contributed by atoms with Crippen molar-refractivity contribution in [3.8, 4) is 165 Å². The maximum atomic E-state index is 12.9. The SMILES string of the molecule is Oc1c(O)c(O)c2c(-c3c(O)c(O)c4c(-c5c(O)c(O)c(O)c6c(O)c(O)c(O)c(O)c56)c5c(O)c(O)c(O)c(O)c5c(-c5ccc(-c6ccc7oc8ccccc8c7c6)cc5)c4c3O)c(O)c(O)c(O)c2c1O. The largest absolute Gasteiger partial charge is 0.506 e. The van der Waals surface area contributed by atoms with E-state index in [9.17, 15) is 107 Å². The van der Waals surface area contributed by atoms with Gasteiger partial charge in [0.15, 0.2) is 69.0 Å². The molecule has 0 fully saturated rings. The van der Waals surface area contributed by atoms with Crippen molar-refractivity contribution in [1.82, 2.24) is 0 Å². The molecule has 0 aliphatic rings. The molecule has 0 saturated carbocycles. The Kier molecular flexibility index (Phi) is 9.14. The van der Waals surface area contributed by atoms with Crippen LogP contribution in [0.25, 0.3) is 110 Å². The van der Waals surface area contributed by atoms with Crippen LogP contribution in [-0.4, -0.2) is 107 Å². The molecule has 0 bridgehead atoms. The third-order valence-electron chi connectivity index (χ3n) is 13.3. The molecule has 74 heavy (non-hydrogen) atoms. The first-order valence-corrected chi connectivity index (χ1v) is 21.2. The molecule has 1 heterocycles. The summed E-state index contributed by atoms with van der Waals surface area (Å²) >= 11 is 0. The van der Waals surface area contributed by atoms with Crippen molar-refractivity contribution in [2.24, 2.45) is 0 Å². The Morgan fingerprint density at radius 3 is 0.986 bits per heavy atom. The molecule has 0 amide bonds. The van der Waals surface area contributed by atoms with Gasteiger partial charge in [-0.15, -0.1) is 0 Å². The molecule has 0 atom stereocenters. The molecule has 21 N–H and O–H groups in total. The number of para-hydroxylation sites is 1. The van der Waals surface area contributed by atoms with E-state index in [1.54, 1.807) is 24.3 Å². The fourth-order valence-corrected chi connectivity index (χ4v) is 9.91. The highest BCUT2D eigenvalue weighted by Crippen LogP contribution is 2.68. The van der Waals surface area contributed by atoms with Gasteiger partial charge in [-0.2, -0.15) is 0 Å². The van der Waals surface area contributed by atoms with Crippen LogP contribution in [0.4, 0.5) is 0 Å². The summed E-state index contributed by atoms with van der Waals surface area (Å²) < 4.78 is 5.96. The lowest BCUT2D eigenvalue weighted by molar-refractivity contribution is 0.347. The Bertz CT molecular complexity index is 4410. The van der Waals surface area contributed by atoms with Gasteiger partial charge in [-0.25, -0.2) is 0 Å². The van der Waals surface area contributed by atoms with Crippen molar-refractivity contribution in [1.29, 1.82) is 0 Å². The molecule has 0 unspecified atom stereocenters. The van der Waals surface area contributed by atoms with Gasteiger partial charge in [-0.1, -0.05) is 48.5 Å². The quantitative estimate of drug-likeness (QED) is 0.0445. The summed E-state index contributed by atoms with van der Waals surface area (Å²) in [5.74, 6) is -32.1. The van der Waals surface area contributed by atoms with Gasteiger partial charge in [0.2, 0.25) is 46.0 Å². The zero-order valence-electron chi connectivity index (χ0n) is 36.7. The highest BCUT2D eigenvalue weighted by molar-refractivity contribution is 6.33. The topological polar surface area (TPSA) is 438 Å². The van der Waals surface area contributed by atoms with Gasteiger partial charge in [0, 0.05) is 65.3 Å². The highest BCUT2D eigenvalue weighted by atomic mass is 16.4. The molecular weight excluding hydrogens is 977 g/mol. The highest BCUT2D eigenvalue weighted by Gasteiger charge is 2.39. The molecule has 0 radical (unpaired) electrons. The maximum Gasteiger partial charge on any atom is 0.205 e. The van der Waals surface area contributed by atoms with Crippen LogP contribution in [0.2, 0.25) is 0 Å². The van der Waals surface area contributed by atoms with E-state index in [1.807, 2.05) is 18.2 Å². The van der Waals surface area contributed by atoms with Crippen LogP contribution < -0.4 is 0 Å². The van der Waals surface area contributed by atoms with E-state index in [1.165, 1.54) is 24.3 Å². The van der Waals surface area contributed by atoms with Gasteiger partial charge < -0.3 is 112 Å². The fraction of sp³-hybridized carbons (Fsp3) is 0. The number of furan rings is 1. The Morgan fingerprint density at radius 1 is 0.203 bits per heavy atom. The van der Waals surface area contributed by atoms with E-state index in [4.69, 9.17) is 4.42 Å². The predicted octanol–water partition coefficient (Wildman–Crippen LogP) is 8.68. The van der Waals surface area contributed by atoms with Crippen molar-refractivity contribution >= 4 is 65.0 Å². The number of fused-ring (bicyclic) bond motifs is 7. The third-order valence-corrected chi connectivity index (χ3v) is 13.3. The summed E-state index contributed by atoms with van der Waals surface area (Å²) in [4.78, 5) is 0. The van der Waals surface area contributed by atoms with E-state index in [2.05, 4.69) is 0 Å². The predicted molar refractivity (Wildman–Crippen MR) is 260 cm³/mol. The van der Waals surface area contributed by atoms with Crippen LogP contribution in [0, 0.1) is 0 Å². The minimum absolute atomic E-state index is 0.201. The van der Waals surface area contributed by atoms with Gasteiger partial charge in [0.25, 0.3) is 0 Å². The monoisotopic (exact) mass is 1010 g/mol. The number of phenolic OH excluding ortho intramolecular Hbond substituents is 21. The maximum absolute atomic E-state index is 12.9. The molecule has 1 aromatic heterocycles. The molecule has 0 aliphatic heterocycles. The Balaban J connectivity index is 1.39. The Labute approximate surface area is 407 Å². The lowest BCUT2D eigenvalue weighted by Crippen LogP contribution is -1.98. The van der Waals surface area contributed by atoms with Gasteiger partial charge in [-0.3, -0.25) is 0 Å². The van der Waals surface area contributed by atoms with Crippen LogP contribution in [0.1, 0.15) is 0 Å². The molecule has 11 aromatic rings. The number of hydrogen-bond donors (Lipinski definition) is 21. The van der Waals surface area contributed by atoms with Crippen LogP contribution in [0.5, 0.6) is 121 Å². The summed E-state index contributed by atoms with van der Waals surface area (Å²) in [5.41, 5.74) is -3.60. The number of rotatable bonds is 4. The molecular formula is C52H32O22. The first-order chi connectivity index (χ1) is 35.0. The average Bonchev–Trinajstić information content (AvgIpc) is 3.77. The van der Waals surface area contributed by atoms with E-state index in [-0.39, 0.29) is 5.56 Å². The van der Waals surface area contributed by atoms with Crippen molar-refractivity contribution in [2.75, 3.05) is 0 Å². The fourth-order valence-electron chi connectivity index (χ4n) is 9.91. The van der Waals surface area contributed by atoms with Gasteiger partial charge in [-0.05, 0) is 34.9 Å². The van der Waals surface area contributed by atoms with Gasteiger partial charge in [0.05, 0.1) is 16.3 Å². The van der Waals surface area contributed by atoms with Crippen molar-refractivity contribution < 1.29 is 112 Å². The van der Waals surface area contributed by atoms with E-state index < -0.39 is 192 Å². The van der Waals surface area contributed by atoms with E-state index in [0.29, 0.717) is 22.3 Å². The summed E-state index contributed by atoms with van der Waals surface area (Å²) in [7, 11) is 0. The van der Waals surface area contributed by atoms with Crippen LogP contribution >= 0.6 is 0 Å². The molecule has 0 spiro atoms. The minimum Gasteiger partial charge on any atom is -0.506 e. The number of benzene rings is 10. The lowest BCUT2D eigenvalue weighted by atomic mass is 9.80.